The van der Waals surface area contributed by atoms with Crippen molar-refractivity contribution in [1.82, 2.24) is 5.43 Å². The molecule has 0 bridgehead atoms. The molecule has 1 N–H and O–H groups in total. The topological polar surface area (TPSA) is 69.2 Å². The lowest BCUT2D eigenvalue weighted by molar-refractivity contribution is 0.0954. The first-order valence-corrected chi connectivity index (χ1v) is 9.19. The van der Waals surface area contributed by atoms with E-state index in [4.69, 9.17) is 14.2 Å². The van der Waals surface area contributed by atoms with Crippen molar-refractivity contribution in [1.29, 1.82) is 0 Å². The van der Waals surface area contributed by atoms with Crippen LogP contribution in [-0.4, -0.2) is 33.5 Å². The maximum absolute atomic E-state index is 12.5. The lowest BCUT2D eigenvalue weighted by Gasteiger charge is -2.13. The predicted molar refractivity (Wildman–Crippen MR) is 113 cm³/mol. The van der Waals surface area contributed by atoms with Gasteiger partial charge in [0.1, 0.15) is 0 Å². The number of hydrazone groups is 1. The van der Waals surface area contributed by atoms with Gasteiger partial charge >= 0.3 is 0 Å². The van der Waals surface area contributed by atoms with Crippen molar-refractivity contribution in [3.63, 3.8) is 0 Å². The van der Waals surface area contributed by atoms with E-state index in [1.807, 2.05) is 36.4 Å². The molecule has 0 spiro atoms. The van der Waals surface area contributed by atoms with Crippen molar-refractivity contribution in [3.05, 3.63) is 64.1 Å². The lowest BCUT2D eigenvalue weighted by atomic mass is 10.1. The lowest BCUT2D eigenvalue weighted by Crippen LogP contribution is -2.18. The van der Waals surface area contributed by atoms with Crippen LogP contribution in [0.25, 0.3) is 10.8 Å². The third-order valence-electron chi connectivity index (χ3n) is 4.20. The molecule has 3 rings (SSSR count). The average Bonchev–Trinajstić information content (AvgIpc) is 2.74. The van der Waals surface area contributed by atoms with Gasteiger partial charge < -0.3 is 14.2 Å². The van der Waals surface area contributed by atoms with Gasteiger partial charge in [-0.1, -0.05) is 46.3 Å². The molecule has 0 heterocycles. The molecule has 0 saturated heterocycles. The molecule has 0 unspecified atom stereocenters. The molecule has 1 amide bonds. The first-order chi connectivity index (χ1) is 13.6. The molecular weight excluding hydrogens is 424 g/mol. The van der Waals surface area contributed by atoms with Gasteiger partial charge in [0.2, 0.25) is 5.75 Å². The summed E-state index contributed by atoms with van der Waals surface area (Å²) >= 11 is 3.54. The van der Waals surface area contributed by atoms with Crippen LogP contribution in [0.15, 0.2) is 58.1 Å². The normalized spacial score (nSPS) is 10.9. The maximum atomic E-state index is 12.5. The second-order valence-electron chi connectivity index (χ2n) is 5.80. The van der Waals surface area contributed by atoms with Gasteiger partial charge in [-0.2, -0.15) is 5.10 Å². The van der Waals surface area contributed by atoms with Crippen molar-refractivity contribution in [2.24, 2.45) is 5.10 Å². The first kappa shape index (κ1) is 19.7. The highest BCUT2D eigenvalue weighted by atomic mass is 79.9. The van der Waals surface area contributed by atoms with Crippen LogP contribution < -0.4 is 19.6 Å². The van der Waals surface area contributed by atoms with Crippen molar-refractivity contribution >= 4 is 38.8 Å². The van der Waals surface area contributed by atoms with Crippen LogP contribution in [0.4, 0.5) is 0 Å². The number of amides is 1. The third-order valence-corrected chi connectivity index (χ3v) is 4.89. The fourth-order valence-corrected chi connectivity index (χ4v) is 3.31. The Morgan fingerprint density at radius 1 is 0.964 bits per heavy atom. The fourth-order valence-electron chi connectivity index (χ4n) is 2.84. The van der Waals surface area contributed by atoms with E-state index in [1.165, 1.54) is 21.3 Å². The minimum Gasteiger partial charge on any atom is -0.493 e. The summed E-state index contributed by atoms with van der Waals surface area (Å²) in [5, 5.41) is 6.20. The molecule has 6 nitrogen and oxygen atoms in total. The Balaban J connectivity index is 1.84. The highest BCUT2D eigenvalue weighted by Gasteiger charge is 2.16. The predicted octanol–water partition coefficient (Wildman–Crippen LogP) is 4.39. The molecule has 0 aromatic heterocycles. The monoisotopic (exact) mass is 442 g/mol. The Bertz CT molecular complexity index is 1020. The summed E-state index contributed by atoms with van der Waals surface area (Å²) in [6, 6.07) is 15.0. The zero-order valence-electron chi connectivity index (χ0n) is 15.7. The van der Waals surface area contributed by atoms with Crippen molar-refractivity contribution in [2.75, 3.05) is 21.3 Å². The number of nitrogens with zero attached hydrogens (tertiary/aromatic N) is 1. The SMILES string of the molecule is COc1cc(C(=O)N/N=C/c2ccc(Br)c3ccccc23)cc(OC)c1OC. The minimum absolute atomic E-state index is 0.340. The number of hydrogen-bond donors (Lipinski definition) is 1. The molecule has 3 aromatic carbocycles. The number of ether oxygens (including phenoxy) is 3. The van der Waals surface area contributed by atoms with E-state index >= 15 is 0 Å². The molecule has 0 aliphatic rings. The number of nitrogens with one attached hydrogen (secondary N) is 1. The average molecular weight is 443 g/mol. The summed E-state index contributed by atoms with van der Waals surface area (Å²) in [4.78, 5) is 12.5. The zero-order valence-corrected chi connectivity index (χ0v) is 17.2. The summed E-state index contributed by atoms with van der Waals surface area (Å²) in [6.07, 6.45) is 1.62. The van der Waals surface area contributed by atoms with Gasteiger partial charge in [-0.05, 0) is 29.0 Å². The van der Waals surface area contributed by atoms with Crippen LogP contribution in [-0.2, 0) is 0 Å². The standard InChI is InChI=1S/C21H19BrN2O4/c1-26-18-10-14(11-19(27-2)20(18)28-3)21(25)24-23-12-13-8-9-17(22)16-7-5-4-6-15(13)16/h4-12H,1-3H3,(H,24,25)/b23-12+. The van der Waals surface area contributed by atoms with Crippen LogP contribution in [0.1, 0.15) is 15.9 Å². The summed E-state index contributed by atoms with van der Waals surface area (Å²) in [5.41, 5.74) is 3.77. The molecule has 28 heavy (non-hydrogen) atoms. The van der Waals surface area contributed by atoms with Gasteiger partial charge in [-0.25, -0.2) is 5.43 Å². The van der Waals surface area contributed by atoms with E-state index in [-0.39, 0.29) is 0 Å². The maximum Gasteiger partial charge on any atom is 0.271 e. The Hall–Kier alpha value is -3.06. The molecule has 0 radical (unpaired) electrons. The van der Waals surface area contributed by atoms with E-state index in [9.17, 15) is 4.79 Å². The van der Waals surface area contributed by atoms with Crippen LogP contribution in [0.5, 0.6) is 17.2 Å². The second-order valence-corrected chi connectivity index (χ2v) is 6.65. The van der Waals surface area contributed by atoms with Crippen molar-refractivity contribution in [2.45, 2.75) is 0 Å². The minimum atomic E-state index is -0.392. The quantitative estimate of drug-likeness (QED) is 0.453. The number of fused-ring (bicyclic) bond motifs is 1. The van der Waals surface area contributed by atoms with Crippen molar-refractivity contribution in [3.8, 4) is 17.2 Å². The second kappa shape index (κ2) is 8.75. The van der Waals surface area contributed by atoms with Gasteiger partial charge in [0.05, 0.1) is 27.5 Å². The Kier molecular flexibility index (Phi) is 6.16. The number of benzene rings is 3. The molecule has 0 aliphatic heterocycles. The van der Waals surface area contributed by atoms with Crippen LogP contribution in [0, 0.1) is 0 Å². The number of hydrogen-bond acceptors (Lipinski definition) is 5. The van der Waals surface area contributed by atoms with Gasteiger partial charge in [0.25, 0.3) is 5.91 Å². The fraction of sp³-hybridized carbons (Fsp3) is 0.143. The van der Waals surface area contributed by atoms with Gasteiger partial charge in [-0.15, -0.1) is 0 Å². The number of halogens is 1. The number of carbonyl (C=O) groups excluding carboxylic acids is 1. The van der Waals surface area contributed by atoms with Gasteiger partial charge in [-0.3, -0.25) is 4.79 Å². The third kappa shape index (κ3) is 3.94. The molecule has 7 heteroatoms. The van der Waals surface area contributed by atoms with E-state index in [2.05, 4.69) is 26.5 Å². The molecule has 3 aromatic rings. The smallest absolute Gasteiger partial charge is 0.271 e. The molecule has 0 atom stereocenters. The molecular formula is C21H19BrN2O4. The summed E-state index contributed by atoms with van der Waals surface area (Å²) in [5.74, 6) is 0.827. The Labute approximate surface area is 171 Å². The summed E-state index contributed by atoms with van der Waals surface area (Å²) in [6.45, 7) is 0. The highest BCUT2D eigenvalue weighted by Crippen LogP contribution is 2.38. The van der Waals surface area contributed by atoms with Crippen LogP contribution >= 0.6 is 15.9 Å². The molecule has 0 aliphatic carbocycles. The van der Waals surface area contributed by atoms with Gasteiger partial charge in [0, 0.05) is 15.6 Å². The highest BCUT2D eigenvalue weighted by molar-refractivity contribution is 9.10. The van der Waals surface area contributed by atoms with E-state index in [1.54, 1.807) is 18.3 Å². The number of carbonyl (C=O) groups is 1. The Morgan fingerprint density at radius 3 is 2.21 bits per heavy atom. The summed E-state index contributed by atoms with van der Waals surface area (Å²) in [7, 11) is 4.50. The Morgan fingerprint density at radius 2 is 1.61 bits per heavy atom. The number of methoxy groups -OCH3 is 3. The van der Waals surface area contributed by atoms with Crippen molar-refractivity contribution < 1.29 is 19.0 Å². The van der Waals surface area contributed by atoms with E-state index in [0.29, 0.717) is 22.8 Å². The van der Waals surface area contributed by atoms with Gasteiger partial charge in [0.15, 0.2) is 11.5 Å². The van der Waals surface area contributed by atoms with E-state index in [0.717, 1.165) is 20.8 Å². The number of rotatable bonds is 6. The molecule has 0 saturated carbocycles. The molecule has 144 valence electrons. The van der Waals surface area contributed by atoms with Crippen LogP contribution in [0.3, 0.4) is 0 Å². The van der Waals surface area contributed by atoms with Crippen LogP contribution in [0.2, 0.25) is 0 Å². The zero-order chi connectivity index (χ0) is 20.1. The van der Waals surface area contributed by atoms with E-state index < -0.39 is 5.91 Å². The first-order valence-electron chi connectivity index (χ1n) is 8.39. The molecule has 0 fully saturated rings. The largest absolute Gasteiger partial charge is 0.493 e. The summed E-state index contributed by atoms with van der Waals surface area (Å²) < 4.78 is 16.8.